The van der Waals surface area contributed by atoms with Crippen LogP contribution in [0.5, 0.6) is 0 Å². The van der Waals surface area contributed by atoms with Gasteiger partial charge in [-0.25, -0.2) is 4.79 Å². The third kappa shape index (κ3) is 3.75. The maximum Gasteiger partial charge on any atom is 0.317 e. The highest BCUT2D eigenvalue weighted by atomic mass is 79.9. The molecule has 1 N–H and O–H groups in total. The van der Waals surface area contributed by atoms with Crippen LogP contribution >= 0.6 is 15.9 Å². The fourth-order valence-corrected chi connectivity index (χ4v) is 3.40. The minimum atomic E-state index is 0.0803. The van der Waals surface area contributed by atoms with Crippen LogP contribution in [0.4, 0.5) is 4.79 Å². The van der Waals surface area contributed by atoms with Gasteiger partial charge in [-0.3, -0.25) is 0 Å². The van der Waals surface area contributed by atoms with Gasteiger partial charge < -0.3 is 10.2 Å². The molecule has 1 aliphatic rings. The van der Waals surface area contributed by atoms with Crippen molar-refractivity contribution in [3.05, 3.63) is 34.3 Å². The molecule has 2 unspecified atom stereocenters. The minimum absolute atomic E-state index is 0.0803. The molecule has 0 saturated carbocycles. The monoisotopic (exact) mass is 338 g/mol. The van der Waals surface area contributed by atoms with Gasteiger partial charge in [0, 0.05) is 23.1 Å². The van der Waals surface area contributed by atoms with Crippen LogP contribution in [0.25, 0.3) is 0 Å². The Kier molecular flexibility index (Phi) is 5.46. The number of nitrogens with zero attached hydrogens (tertiary/aromatic N) is 1. The molecular weight excluding hydrogens is 316 g/mol. The van der Waals surface area contributed by atoms with Gasteiger partial charge in [0.1, 0.15) is 0 Å². The number of halogens is 1. The molecule has 1 aromatic rings. The molecule has 0 radical (unpaired) electrons. The maximum atomic E-state index is 12.3. The topological polar surface area (TPSA) is 32.3 Å². The summed E-state index contributed by atoms with van der Waals surface area (Å²) in [5, 5.41) is 3.06. The van der Waals surface area contributed by atoms with Crippen molar-refractivity contribution in [3.63, 3.8) is 0 Å². The summed E-state index contributed by atoms with van der Waals surface area (Å²) in [7, 11) is 0. The second kappa shape index (κ2) is 7.11. The van der Waals surface area contributed by atoms with Gasteiger partial charge in [0.25, 0.3) is 0 Å². The predicted octanol–water partition coefficient (Wildman–Crippen LogP) is 3.96. The van der Waals surface area contributed by atoms with Crippen molar-refractivity contribution >= 4 is 22.0 Å². The molecule has 1 aliphatic heterocycles. The Balaban J connectivity index is 1.84. The second-order valence-corrected chi connectivity index (χ2v) is 6.46. The summed E-state index contributed by atoms with van der Waals surface area (Å²) in [5.74, 6) is 0. The number of piperidine rings is 1. The lowest BCUT2D eigenvalue weighted by Crippen LogP contribution is -2.52. The molecule has 2 atom stereocenters. The summed E-state index contributed by atoms with van der Waals surface area (Å²) < 4.78 is 1.11. The van der Waals surface area contributed by atoms with Crippen LogP contribution in [0.15, 0.2) is 28.7 Å². The molecule has 1 fully saturated rings. The largest absolute Gasteiger partial charge is 0.338 e. The predicted molar refractivity (Wildman–Crippen MR) is 85.9 cm³/mol. The van der Waals surface area contributed by atoms with Gasteiger partial charge in [-0.2, -0.15) is 0 Å². The van der Waals surface area contributed by atoms with Crippen LogP contribution in [-0.2, 0) is 6.42 Å². The zero-order valence-corrected chi connectivity index (χ0v) is 13.8. The van der Waals surface area contributed by atoms with E-state index in [2.05, 4.69) is 41.2 Å². The van der Waals surface area contributed by atoms with Gasteiger partial charge in [0.2, 0.25) is 0 Å². The zero-order chi connectivity index (χ0) is 14.5. The third-order valence-corrected chi connectivity index (χ3v) is 4.83. The number of carbonyl (C=O) groups excluding carboxylic acids is 1. The smallest absolute Gasteiger partial charge is 0.317 e. The van der Waals surface area contributed by atoms with E-state index in [1.54, 1.807) is 0 Å². The average Bonchev–Trinajstić information content (AvgIpc) is 2.41. The summed E-state index contributed by atoms with van der Waals surface area (Å²) in [5.41, 5.74) is 1.23. The van der Waals surface area contributed by atoms with E-state index in [4.69, 9.17) is 0 Å². The first-order valence-electron chi connectivity index (χ1n) is 7.39. The average molecular weight is 339 g/mol. The van der Waals surface area contributed by atoms with Crippen molar-refractivity contribution in [2.24, 2.45) is 0 Å². The van der Waals surface area contributed by atoms with E-state index in [-0.39, 0.29) is 6.03 Å². The van der Waals surface area contributed by atoms with Crippen molar-refractivity contribution in [2.75, 3.05) is 6.54 Å². The molecule has 20 heavy (non-hydrogen) atoms. The lowest BCUT2D eigenvalue weighted by atomic mass is 9.98. The molecule has 110 valence electrons. The highest BCUT2D eigenvalue weighted by Gasteiger charge is 2.28. The van der Waals surface area contributed by atoms with Crippen LogP contribution in [0.1, 0.15) is 38.7 Å². The molecular formula is C16H23BrN2O. The first-order valence-corrected chi connectivity index (χ1v) is 8.18. The molecule has 0 aromatic heterocycles. The SMILES string of the molecule is CC1CCCC(C)N1C(=O)NCCc1ccccc1Br. The molecule has 0 aliphatic carbocycles. The van der Waals surface area contributed by atoms with E-state index in [1.165, 1.54) is 12.0 Å². The Bertz CT molecular complexity index is 454. The van der Waals surface area contributed by atoms with Gasteiger partial charge in [-0.05, 0) is 51.2 Å². The van der Waals surface area contributed by atoms with E-state index in [1.807, 2.05) is 23.1 Å². The number of amides is 2. The van der Waals surface area contributed by atoms with Crippen molar-refractivity contribution in [3.8, 4) is 0 Å². The van der Waals surface area contributed by atoms with E-state index in [0.29, 0.717) is 18.6 Å². The number of benzene rings is 1. The molecule has 2 amide bonds. The van der Waals surface area contributed by atoms with Gasteiger partial charge in [0.15, 0.2) is 0 Å². The van der Waals surface area contributed by atoms with E-state index < -0.39 is 0 Å². The molecule has 4 heteroatoms. The van der Waals surface area contributed by atoms with Gasteiger partial charge in [0.05, 0.1) is 0 Å². The number of hydrogen-bond donors (Lipinski definition) is 1. The molecule has 1 heterocycles. The molecule has 0 bridgehead atoms. The Morgan fingerprint density at radius 2 is 1.95 bits per heavy atom. The highest BCUT2D eigenvalue weighted by Crippen LogP contribution is 2.22. The highest BCUT2D eigenvalue weighted by molar-refractivity contribution is 9.10. The van der Waals surface area contributed by atoms with Crippen LogP contribution in [-0.4, -0.2) is 29.6 Å². The van der Waals surface area contributed by atoms with Crippen LogP contribution in [0, 0.1) is 0 Å². The molecule has 1 aromatic carbocycles. The number of rotatable bonds is 3. The molecule has 1 saturated heterocycles. The Labute approximate surface area is 129 Å². The second-order valence-electron chi connectivity index (χ2n) is 5.61. The van der Waals surface area contributed by atoms with E-state index in [9.17, 15) is 4.79 Å². The molecule has 2 rings (SSSR count). The zero-order valence-electron chi connectivity index (χ0n) is 12.2. The van der Waals surface area contributed by atoms with Crippen molar-refractivity contribution in [1.29, 1.82) is 0 Å². The van der Waals surface area contributed by atoms with Gasteiger partial charge in [-0.1, -0.05) is 34.1 Å². The minimum Gasteiger partial charge on any atom is -0.338 e. The number of urea groups is 1. The molecule has 3 nitrogen and oxygen atoms in total. The van der Waals surface area contributed by atoms with E-state index in [0.717, 1.165) is 23.7 Å². The van der Waals surface area contributed by atoms with Gasteiger partial charge in [-0.15, -0.1) is 0 Å². The summed E-state index contributed by atoms with van der Waals surface area (Å²) in [6, 6.07) is 8.93. The van der Waals surface area contributed by atoms with Gasteiger partial charge >= 0.3 is 6.03 Å². The third-order valence-electron chi connectivity index (χ3n) is 4.06. The Hall–Kier alpha value is -1.03. The quantitative estimate of drug-likeness (QED) is 0.888. The summed E-state index contributed by atoms with van der Waals surface area (Å²) in [6.45, 7) is 4.96. The van der Waals surface area contributed by atoms with Crippen molar-refractivity contribution in [2.45, 2.75) is 51.6 Å². The summed E-state index contributed by atoms with van der Waals surface area (Å²) in [4.78, 5) is 14.3. The first kappa shape index (κ1) is 15.4. The molecule has 0 spiro atoms. The van der Waals surface area contributed by atoms with Crippen LogP contribution in [0.2, 0.25) is 0 Å². The number of carbonyl (C=O) groups is 1. The standard InChI is InChI=1S/C16H23BrN2O/c1-12-6-5-7-13(2)19(12)16(20)18-11-10-14-8-3-4-9-15(14)17/h3-4,8-9,12-13H,5-7,10-11H2,1-2H3,(H,18,20). The van der Waals surface area contributed by atoms with Crippen molar-refractivity contribution in [1.82, 2.24) is 10.2 Å². The lowest BCUT2D eigenvalue weighted by molar-refractivity contribution is 0.123. The number of hydrogen-bond acceptors (Lipinski definition) is 1. The normalized spacial score (nSPS) is 22.6. The lowest BCUT2D eigenvalue weighted by Gasteiger charge is -2.38. The van der Waals surface area contributed by atoms with E-state index >= 15 is 0 Å². The first-order chi connectivity index (χ1) is 9.59. The summed E-state index contributed by atoms with van der Waals surface area (Å²) in [6.07, 6.45) is 4.30. The summed E-state index contributed by atoms with van der Waals surface area (Å²) >= 11 is 3.54. The fourth-order valence-electron chi connectivity index (χ4n) is 2.92. The Morgan fingerprint density at radius 1 is 1.30 bits per heavy atom. The number of nitrogens with one attached hydrogen (secondary N) is 1. The number of likely N-dealkylation sites (tertiary alicyclic amines) is 1. The Morgan fingerprint density at radius 3 is 2.60 bits per heavy atom. The van der Waals surface area contributed by atoms with Crippen molar-refractivity contribution < 1.29 is 4.79 Å². The van der Waals surface area contributed by atoms with Crippen LogP contribution < -0.4 is 5.32 Å². The fraction of sp³-hybridized carbons (Fsp3) is 0.562. The van der Waals surface area contributed by atoms with Crippen LogP contribution in [0.3, 0.4) is 0 Å². The maximum absolute atomic E-state index is 12.3.